The molecule has 0 bridgehead atoms. The molecule has 94 valence electrons. The van der Waals surface area contributed by atoms with Gasteiger partial charge in [0.2, 0.25) is 5.91 Å². The first-order valence-corrected chi connectivity index (χ1v) is 5.30. The van der Waals surface area contributed by atoms with Crippen LogP contribution in [0, 0.1) is 0 Å². The summed E-state index contributed by atoms with van der Waals surface area (Å²) in [7, 11) is 3.20. The Morgan fingerprint density at radius 2 is 1.88 bits per heavy atom. The number of carbonyl (C=O) groups excluding carboxylic acids is 1. The average Bonchev–Trinajstić information content (AvgIpc) is 2.29. The highest BCUT2D eigenvalue weighted by molar-refractivity contribution is 5.81. The molecule has 0 aliphatic heterocycles. The molecule has 0 saturated heterocycles. The number of methoxy groups -OCH3 is 2. The van der Waals surface area contributed by atoms with E-state index in [1.54, 1.807) is 25.2 Å². The first-order valence-electron chi connectivity index (χ1n) is 5.30. The Kier molecular flexibility index (Phi) is 8.80. The zero-order valence-corrected chi connectivity index (χ0v) is 10.1. The summed E-state index contributed by atoms with van der Waals surface area (Å²) < 4.78 is 9.89. The number of amides is 1. The molecule has 0 saturated carbocycles. The van der Waals surface area contributed by atoms with Crippen LogP contribution >= 0.6 is 0 Å². The van der Waals surface area contributed by atoms with Crippen LogP contribution in [0.25, 0.3) is 0 Å². The molecule has 0 fully saturated rings. The van der Waals surface area contributed by atoms with Gasteiger partial charge in [-0.25, -0.2) is 0 Å². The third kappa shape index (κ3) is 5.85. The van der Waals surface area contributed by atoms with E-state index in [1.807, 2.05) is 0 Å². The van der Waals surface area contributed by atoms with Crippen LogP contribution in [0.15, 0.2) is 12.7 Å². The smallest absolute Gasteiger partial charge is 0.239 e. The van der Waals surface area contributed by atoms with Gasteiger partial charge in [0.1, 0.15) is 0 Å². The molecule has 0 rings (SSSR count). The zero-order valence-electron chi connectivity index (χ0n) is 10.1. The lowest BCUT2D eigenvalue weighted by molar-refractivity contribution is -0.133. The summed E-state index contributed by atoms with van der Waals surface area (Å²) in [6, 6.07) is -0.522. The maximum atomic E-state index is 11.9. The van der Waals surface area contributed by atoms with E-state index in [1.165, 1.54) is 0 Å². The molecule has 1 amide bonds. The molecular weight excluding hydrogens is 208 g/mol. The van der Waals surface area contributed by atoms with Crippen LogP contribution in [0.3, 0.4) is 0 Å². The van der Waals surface area contributed by atoms with Gasteiger partial charge < -0.3 is 20.1 Å². The summed E-state index contributed by atoms with van der Waals surface area (Å²) in [5.74, 6) is -0.0889. The van der Waals surface area contributed by atoms with Crippen LogP contribution < -0.4 is 5.73 Å². The van der Waals surface area contributed by atoms with E-state index < -0.39 is 6.04 Å². The molecule has 0 aromatic carbocycles. The second-order valence-corrected chi connectivity index (χ2v) is 3.44. The molecule has 2 N–H and O–H groups in total. The van der Waals surface area contributed by atoms with Crippen LogP contribution in [0.5, 0.6) is 0 Å². The fraction of sp³-hybridized carbons (Fsp3) is 0.727. The monoisotopic (exact) mass is 230 g/mol. The van der Waals surface area contributed by atoms with Gasteiger partial charge in [0.05, 0.1) is 19.3 Å². The number of ether oxygens (including phenoxy) is 2. The second kappa shape index (κ2) is 9.33. The third-order valence-corrected chi connectivity index (χ3v) is 2.18. The van der Waals surface area contributed by atoms with Crippen molar-refractivity contribution in [2.75, 3.05) is 40.5 Å². The van der Waals surface area contributed by atoms with Crippen molar-refractivity contribution in [3.8, 4) is 0 Å². The third-order valence-electron chi connectivity index (χ3n) is 2.18. The molecule has 5 nitrogen and oxygen atoms in total. The number of carbonyl (C=O) groups is 1. The zero-order chi connectivity index (χ0) is 12.4. The summed E-state index contributed by atoms with van der Waals surface area (Å²) in [5, 5.41) is 0. The molecule has 16 heavy (non-hydrogen) atoms. The van der Waals surface area contributed by atoms with E-state index >= 15 is 0 Å². The van der Waals surface area contributed by atoms with Crippen molar-refractivity contribution in [3.63, 3.8) is 0 Å². The summed E-state index contributed by atoms with van der Waals surface area (Å²) in [5.41, 5.74) is 5.73. The van der Waals surface area contributed by atoms with Gasteiger partial charge in [0.15, 0.2) is 0 Å². The van der Waals surface area contributed by atoms with Crippen LogP contribution in [0.2, 0.25) is 0 Å². The van der Waals surface area contributed by atoms with Crippen molar-refractivity contribution in [2.24, 2.45) is 5.73 Å². The first-order chi connectivity index (χ1) is 7.67. The fourth-order valence-corrected chi connectivity index (χ4v) is 1.25. The fourth-order valence-electron chi connectivity index (χ4n) is 1.25. The largest absolute Gasteiger partial charge is 0.383 e. The minimum Gasteiger partial charge on any atom is -0.383 e. The second-order valence-electron chi connectivity index (χ2n) is 3.44. The highest BCUT2D eigenvalue weighted by Gasteiger charge is 2.19. The number of rotatable bonds is 9. The van der Waals surface area contributed by atoms with Crippen LogP contribution in [0.1, 0.15) is 6.42 Å². The van der Waals surface area contributed by atoms with E-state index in [4.69, 9.17) is 15.2 Å². The lowest BCUT2D eigenvalue weighted by atomic mass is 10.2. The number of nitrogens with zero attached hydrogens (tertiary/aromatic N) is 1. The minimum absolute atomic E-state index is 0.0889. The van der Waals surface area contributed by atoms with E-state index in [9.17, 15) is 4.79 Å². The molecule has 0 aromatic rings. The predicted molar refractivity (Wildman–Crippen MR) is 63.1 cm³/mol. The Labute approximate surface area is 97.2 Å². The van der Waals surface area contributed by atoms with Gasteiger partial charge >= 0.3 is 0 Å². The van der Waals surface area contributed by atoms with Crippen LogP contribution in [-0.4, -0.2) is 57.4 Å². The maximum absolute atomic E-state index is 11.9. The Morgan fingerprint density at radius 3 is 2.25 bits per heavy atom. The molecule has 1 unspecified atom stereocenters. The highest BCUT2D eigenvalue weighted by Crippen LogP contribution is 1.98. The molecule has 0 spiro atoms. The van der Waals surface area contributed by atoms with E-state index in [0.717, 1.165) is 0 Å². The molecule has 0 radical (unpaired) electrons. The van der Waals surface area contributed by atoms with Crippen LogP contribution in [0.4, 0.5) is 0 Å². The van der Waals surface area contributed by atoms with Crippen LogP contribution in [-0.2, 0) is 14.3 Å². The van der Waals surface area contributed by atoms with Crippen molar-refractivity contribution in [2.45, 2.75) is 12.5 Å². The van der Waals surface area contributed by atoms with Crippen molar-refractivity contribution in [1.29, 1.82) is 0 Å². The molecular formula is C11H22N2O3. The standard InChI is InChI=1S/C11H22N2O3/c1-4-5-10(12)11(14)13(6-8-15-2)7-9-16-3/h4,10H,1,5-9,12H2,2-3H3. The highest BCUT2D eigenvalue weighted by atomic mass is 16.5. The van der Waals surface area contributed by atoms with Gasteiger partial charge in [-0.2, -0.15) is 0 Å². The number of hydrogen-bond acceptors (Lipinski definition) is 4. The summed E-state index contributed by atoms with van der Waals surface area (Å²) in [6.07, 6.45) is 2.13. The molecule has 5 heteroatoms. The van der Waals surface area contributed by atoms with Gasteiger partial charge in [-0.1, -0.05) is 6.08 Å². The molecule has 0 heterocycles. The van der Waals surface area contributed by atoms with Gasteiger partial charge in [0, 0.05) is 27.3 Å². The van der Waals surface area contributed by atoms with Crippen molar-refractivity contribution < 1.29 is 14.3 Å². The summed E-state index contributed by atoms with van der Waals surface area (Å²) in [4.78, 5) is 13.5. The Morgan fingerprint density at radius 1 is 1.38 bits per heavy atom. The normalized spacial score (nSPS) is 12.2. The number of hydrogen-bond donors (Lipinski definition) is 1. The Balaban J connectivity index is 4.23. The summed E-state index contributed by atoms with van der Waals surface area (Å²) >= 11 is 0. The van der Waals surface area contributed by atoms with Gasteiger partial charge in [0.25, 0.3) is 0 Å². The molecule has 0 aromatic heterocycles. The summed E-state index contributed by atoms with van der Waals surface area (Å²) in [6.45, 7) is 5.62. The van der Waals surface area contributed by atoms with Crippen molar-refractivity contribution >= 4 is 5.91 Å². The Hall–Kier alpha value is -0.910. The van der Waals surface area contributed by atoms with Gasteiger partial charge in [-0.3, -0.25) is 4.79 Å². The van der Waals surface area contributed by atoms with Gasteiger partial charge in [-0.05, 0) is 6.42 Å². The average molecular weight is 230 g/mol. The predicted octanol–water partition coefficient (Wildman–Crippen LogP) is 0.0112. The molecule has 0 aliphatic carbocycles. The molecule has 1 atom stereocenters. The maximum Gasteiger partial charge on any atom is 0.239 e. The van der Waals surface area contributed by atoms with Crippen molar-refractivity contribution in [1.82, 2.24) is 4.90 Å². The SMILES string of the molecule is C=CCC(N)C(=O)N(CCOC)CCOC. The lowest BCUT2D eigenvalue weighted by Gasteiger charge is -2.24. The minimum atomic E-state index is -0.522. The van der Waals surface area contributed by atoms with Crippen molar-refractivity contribution in [3.05, 3.63) is 12.7 Å². The van der Waals surface area contributed by atoms with E-state index in [-0.39, 0.29) is 5.91 Å². The topological polar surface area (TPSA) is 64.8 Å². The first kappa shape index (κ1) is 15.1. The number of nitrogens with two attached hydrogens (primary N) is 1. The Bertz CT molecular complexity index is 201. The van der Waals surface area contributed by atoms with Gasteiger partial charge in [-0.15, -0.1) is 6.58 Å². The quantitative estimate of drug-likeness (QED) is 0.567. The molecule has 0 aliphatic rings. The van der Waals surface area contributed by atoms with E-state index in [0.29, 0.717) is 32.7 Å². The van der Waals surface area contributed by atoms with E-state index in [2.05, 4.69) is 6.58 Å². The lowest BCUT2D eigenvalue weighted by Crippen LogP contribution is -2.46.